The topological polar surface area (TPSA) is 67.6 Å². The van der Waals surface area contributed by atoms with Crippen molar-refractivity contribution in [2.75, 3.05) is 37.0 Å². The van der Waals surface area contributed by atoms with Crippen molar-refractivity contribution in [2.45, 2.75) is 37.4 Å². The molecule has 3 N–H and O–H groups in total. The van der Waals surface area contributed by atoms with Crippen LogP contribution in [0.1, 0.15) is 30.4 Å². The summed E-state index contributed by atoms with van der Waals surface area (Å²) in [6, 6.07) is 0. The zero-order chi connectivity index (χ0) is 15.8. The van der Waals surface area contributed by atoms with Gasteiger partial charge < -0.3 is 20.7 Å². The number of nitrogens with two attached hydrogens (primary N) is 1. The first-order valence-corrected chi connectivity index (χ1v) is 8.94. The molecule has 0 saturated carbocycles. The number of thiophene rings is 1. The number of ether oxygens (including phenoxy) is 1. The summed E-state index contributed by atoms with van der Waals surface area (Å²) in [7, 11) is 1.62. The average Bonchev–Trinajstić information content (AvgIpc) is 2.72. The van der Waals surface area contributed by atoms with Gasteiger partial charge >= 0.3 is 0 Å². The second kappa shape index (κ2) is 6.06. The Morgan fingerprint density at radius 1 is 1.57 bits per heavy atom. The second-order valence-corrected chi connectivity index (χ2v) is 7.65. The second-order valence-electron chi connectivity index (χ2n) is 5.83. The van der Waals surface area contributed by atoms with E-state index in [4.69, 9.17) is 10.5 Å². The number of hydrogen-bond donors (Lipinski definition) is 2. The molecule has 0 aromatic carbocycles. The molecular weight excluding hydrogens is 306 g/mol. The number of nitrogen functional groups attached to an aromatic ring is 1. The molecule has 5 nitrogen and oxygen atoms in total. The van der Waals surface area contributed by atoms with Crippen LogP contribution < -0.4 is 16.0 Å². The smallest absolute Gasteiger partial charge is 0.263 e. The molecule has 1 aliphatic heterocycles. The first kappa shape index (κ1) is 16.5. The first-order chi connectivity index (χ1) is 9.79. The maximum atomic E-state index is 12.0. The summed E-state index contributed by atoms with van der Waals surface area (Å²) in [6.07, 6.45) is 2.14. The minimum absolute atomic E-state index is 0.125. The van der Waals surface area contributed by atoms with E-state index in [1.54, 1.807) is 18.8 Å². The highest BCUT2D eigenvalue weighted by atomic mass is 32.2. The largest absolute Gasteiger partial charge is 0.396 e. The van der Waals surface area contributed by atoms with Crippen LogP contribution in [-0.4, -0.2) is 44.0 Å². The Morgan fingerprint density at radius 2 is 2.24 bits per heavy atom. The Balaban J connectivity index is 2.41. The van der Waals surface area contributed by atoms with Gasteiger partial charge in [0.15, 0.2) is 0 Å². The number of carbonyl (C=O) groups is 1. The maximum absolute atomic E-state index is 12.0. The molecule has 1 aromatic heterocycles. The molecule has 1 aromatic rings. The zero-order valence-corrected chi connectivity index (χ0v) is 14.8. The molecule has 0 radical (unpaired) electrons. The predicted octanol–water partition coefficient (Wildman–Crippen LogP) is 2.42. The van der Waals surface area contributed by atoms with Crippen molar-refractivity contribution in [3.05, 3.63) is 4.88 Å². The molecule has 1 saturated heterocycles. The minimum Gasteiger partial charge on any atom is -0.396 e. The summed E-state index contributed by atoms with van der Waals surface area (Å²) in [5, 5.41) is 3.72. The van der Waals surface area contributed by atoms with Crippen molar-refractivity contribution in [1.82, 2.24) is 5.32 Å². The fourth-order valence-corrected chi connectivity index (χ4v) is 4.85. The monoisotopic (exact) mass is 329 g/mol. The third-order valence-electron chi connectivity index (χ3n) is 3.38. The highest BCUT2D eigenvalue weighted by Crippen LogP contribution is 2.45. The lowest BCUT2D eigenvalue weighted by atomic mass is 10.1. The van der Waals surface area contributed by atoms with Crippen LogP contribution in [0.4, 0.5) is 10.7 Å². The van der Waals surface area contributed by atoms with Gasteiger partial charge in [-0.05, 0) is 27.0 Å². The molecule has 0 spiro atoms. The molecule has 1 amide bonds. The Labute approximate surface area is 134 Å². The zero-order valence-electron chi connectivity index (χ0n) is 13.1. The van der Waals surface area contributed by atoms with Gasteiger partial charge in [-0.2, -0.15) is 0 Å². The Bertz CT molecular complexity index is 543. The van der Waals surface area contributed by atoms with Crippen LogP contribution in [0.5, 0.6) is 0 Å². The van der Waals surface area contributed by atoms with E-state index in [0.29, 0.717) is 10.6 Å². The van der Waals surface area contributed by atoms with Crippen LogP contribution in [0, 0.1) is 0 Å². The fourth-order valence-electron chi connectivity index (χ4n) is 2.71. The van der Waals surface area contributed by atoms with Gasteiger partial charge in [0.1, 0.15) is 9.88 Å². The highest BCUT2D eigenvalue weighted by molar-refractivity contribution is 7.99. The van der Waals surface area contributed by atoms with Gasteiger partial charge in [0.2, 0.25) is 0 Å². The number of hydrogen-bond acceptors (Lipinski definition) is 6. The van der Waals surface area contributed by atoms with Crippen LogP contribution in [0.3, 0.4) is 0 Å². The number of amides is 1. The Morgan fingerprint density at radius 3 is 2.76 bits per heavy atom. The summed E-state index contributed by atoms with van der Waals surface area (Å²) in [4.78, 5) is 15.8. The number of rotatable bonds is 3. The molecule has 2 rings (SSSR count). The molecule has 0 bridgehead atoms. The molecule has 21 heavy (non-hydrogen) atoms. The lowest BCUT2D eigenvalue weighted by Gasteiger charge is -2.42. The van der Waals surface area contributed by atoms with Gasteiger partial charge in [0.05, 0.1) is 22.3 Å². The van der Waals surface area contributed by atoms with Gasteiger partial charge in [0, 0.05) is 20.1 Å². The number of nitrogens with zero attached hydrogens (tertiary/aromatic N) is 1. The summed E-state index contributed by atoms with van der Waals surface area (Å²) < 4.78 is 5.95. The van der Waals surface area contributed by atoms with Crippen molar-refractivity contribution >= 4 is 39.7 Å². The van der Waals surface area contributed by atoms with Crippen molar-refractivity contribution in [3.8, 4) is 0 Å². The van der Waals surface area contributed by atoms with Gasteiger partial charge in [-0.1, -0.05) is 0 Å². The van der Waals surface area contributed by atoms with Gasteiger partial charge in [0.25, 0.3) is 5.91 Å². The minimum atomic E-state index is -0.209. The summed E-state index contributed by atoms with van der Waals surface area (Å²) >= 11 is 3.05. The lowest BCUT2D eigenvalue weighted by Crippen LogP contribution is -2.51. The van der Waals surface area contributed by atoms with E-state index < -0.39 is 0 Å². The van der Waals surface area contributed by atoms with Crippen LogP contribution in [0.25, 0.3) is 0 Å². The van der Waals surface area contributed by atoms with E-state index in [2.05, 4.69) is 31.0 Å². The fraction of sp³-hybridized carbons (Fsp3) is 0.643. The van der Waals surface area contributed by atoms with E-state index in [-0.39, 0.29) is 17.6 Å². The number of thioether (sulfide) groups is 1. The van der Waals surface area contributed by atoms with E-state index in [1.807, 2.05) is 6.26 Å². The first-order valence-electron chi connectivity index (χ1n) is 6.90. The number of carbonyl (C=O) groups excluding carboxylic acids is 1. The highest BCUT2D eigenvalue weighted by Gasteiger charge is 2.34. The van der Waals surface area contributed by atoms with Crippen LogP contribution >= 0.6 is 23.1 Å². The predicted molar refractivity (Wildman–Crippen MR) is 90.7 cm³/mol. The number of morpholine rings is 1. The molecular formula is C14H23N3O2S2. The van der Waals surface area contributed by atoms with E-state index in [9.17, 15) is 4.79 Å². The Kier molecular flexibility index (Phi) is 4.75. The molecule has 118 valence electrons. The van der Waals surface area contributed by atoms with Crippen molar-refractivity contribution in [1.29, 1.82) is 0 Å². The molecule has 0 aliphatic carbocycles. The SMILES string of the molecule is CNC(=O)c1sc(N2CC(C)OC(C)(C)C2)c(SC)c1N. The van der Waals surface area contributed by atoms with E-state index in [1.165, 1.54) is 11.3 Å². The number of anilines is 2. The molecule has 1 unspecified atom stereocenters. The number of nitrogens with one attached hydrogen (secondary N) is 1. The lowest BCUT2D eigenvalue weighted by molar-refractivity contribution is -0.0749. The summed E-state index contributed by atoms with van der Waals surface area (Å²) in [5.74, 6) is -0.125. The quantitative estimate of drug-likeness (QED) is 0.834. The van der Waals surface area contributed by atoms with Crippen LogP contribution in [-0.2, 0) is 4.74 Å². The summed E-state index contributed by atoms with van der Waals surface area (Å²) in [6.45, 7) is 7.85. The van der Waals surface area contributed by atoms with Crippen molar-refractivity contribution < 1.29 is 9.53 Å². The van der Waals surface area contributed by atoms with Crippen LogP contribution in [0.2, 0.25) is 0 Å². The van der Waals surface area contributed by atoms with Crippen LogP contribution in [0.15, 0.2) is 4.90 Å². The standard InChI is InChI=1S/C14H23N3O2S2/c1-8-6-17(7-14(2,3)19-8)13-11(20-5)9(15)10(21-13)12(18)16-4/h8H,6-7,15H2,1-5H3,(H,16,18). The van der Waals surface area contributed by atoms with Gasteiger partial charge in [-0.25, -0.2) is 0 Å². The van der Waals surface area contributed by atoms with Gasteiger partial charge in [-0.15, -0.1) is 23.1 Å². The van der Waals surface area contributed by atoms with E-state index in [0.717, 1.165) is 23.0 Å². The average molecular weight is 329 g/mol. The van der Waals surface area contributed by atoms with Crippen molar-refractivity contribution in [2.24, 2.45) is 0 Å². The van der Waals surface area contributed by atoms with Gasteiger partial charge in [-0.3, -0.25) is 4.79 Å². The van der Waals surface area contributed by atoms with Crippen molar-refractivity contribution in [3.63, 3.8) is 0 Å². The molecule has 1 atom stereocenters. The third kappa shape index (κ3) is 3.30. The maximum Gasteiger partial charge on any atom is 0.263 e. The third-order valence-corrected chi connectivity index (χ3v) is 5.59. The molecule has 1 aliphatic rings. The molecule has 2 heterocycles. The summed E-state index contributed by atoms with van der Waals surface area (Å²) in [5.41, 5.74) is 6.54. The molecule has 1 fully saturated rings. The molecule has 7 heteroatoms. The normalized spacial score (nSPS) is 21.4. The Hall–Kier alpha value is -0.920. The van der Waals surface area contributed by atoms with E-state index >= 15 is 0 Å².